The SMILES string of the molecule is NS(=O)(=O)c1ccccc1NC(=O)CCc1ccco1. The Morgan fingerprint density at radius 1 is 1.20 bits per heavy atom. The standard InChI is InChI=1S/C13H14N2O4S/c14-20(17,18)12-6-2-1-5-11(12)15-13(16)8-7-10-4-3-9-19-10/h1-6,9H,7-8H2,(H,15,16)(H2,14,17,18). The summed E-state index contributed by atoms with van der Waals surface area (Å²) in [5.41, 5.74) is 0.180. The number of sulfonamides is 1. The van der Waals surface area contributed by atoms with Crippen LogP contribution in [0.5, 0.6) is 0 Å². The molecule has 0 unspecified atom stereocenters. The first kappa shape index (κ1) is 14.3. The minimum Gasteiger partial charge on any atom is -0.469 e. The second-order valence-electron chi connectivity index (χ2n) is 4.17. The van der Waals surface area contributed by atoms with Crippen molar-refractivity contribution in [3.8, 4) is 0 Å². The Morgan fingerprint density at radius 3 is 2.60 bits per heavy atom. The number of furan rings is 1. The predicted octanol–water partition coefficient (Wildman–Crippen LogP) is 1.50. The number of nitrogens with two attached hydrogens (primary N) is 1. The molecule has 20 heavy (non-hydrogen) atoms. The van der Waals surface area contributed by atoms with Crippen LogP contribution < -0.4 is 10.5 Å². The number of hydrogen-bond donors (Lipinski definition) is 2. The molecular formula is C13H14N2O4S. The van der Waals surface area contributed by atoms with Crippen LogP contribution in [-0.2, 0) is 21.2 Å². The van der Waals surface area contributed by atoms with Gasteiger partial charge in [-0.05, 0) is 24.3 Å². The fourth-order valence-electron chi connectivity index (χ4n) is 1.72. The van der Waals surface area contributed by atoms with Crippen LogP contribution in [0.1, 0.15) is 12.2 Å². The number of aryl methyl sites for hydroxylation is 1. The lowest BCUT2D eigenvalue weighted by Crippen LogP contribution is -2.18. The lowest BCUT2D eigenvalue weighted by atomic mass is 10.2. The van der Waals surface area contributed by atoms with E-state index in [-0.39, 0.29) is 22.9 Å². The summed E-state index contributed by atoms with van der Waals surface area (Å²) >= 11 is 0. The molecule has 1 aromatic heterocycles. The third-order valence-electron chi connectivity index (χ3n) is 2.65. The van der Waals surface area contributed by atoms with Crippen molar-refractivity contribution in [3.05, 3.63) is 48.4 Å². The zero-order chi connectivity index (χ0) is 14.6. The van der Waals surface area contributed by atoms with Crippen molar-refractivity contribution in [1.82, 2.24) is 0 Å². The topological polar surface area (TPSA) is 102 Å². The van der Waals surface area contributed by atoms with Crippen LogP contribution in [0.2, 0.25) is 0 Å². The van der Waals surface area contributed by atoms with Crippen LogP contribution in [0.15, 0.2) is 52.0 Å². The molecule has 0 saturated heterocycles. The molecule has 2 rings (SSSR count). The maximum Gasteiger partial charge on any atom is 0.240 e. The Kier molecular flexibility index (Phi) is 4.21. The second kappa shape index (κ2) is 5.89. The highest BCUT2D eigenvalue weighted by atomic mass is 32.2. The average molecular weight is 294 g/mol. The van der Waals surface area contributed by atoms with Gasteiger partial charge < -0.3 is 9.73 Å². The molecular weight excluding hydrogens is 280 g/mol. The van der Waals surface area contributed by atoms with Crippen LogP contribution in [-0.4, -0.2) is 14.3 Å². The highest BCUT2D eigenvalue weighted by molar-refractivity contribution is 7.89. The predicted molar refractivity (Wildman–Crippen MR) is 73.5 cm³/mol. The van der Waals surface area contributed by atoms with E-state index in [1.807, 2.05) is 0 Å². The molecule has 106 valence electrons. The van der Waals surface area contributed by atoms with E-state index in [9.17, 15) is 13.2 Å². The van der Waals surface area contributed by atoms with Gasteiger partial charge in [-0.3, -0.25) is 4.79 Å². The molecule has 0 bridgehead atoms. The van der Waals surface area contributed by atoms with Crippen LogP contribution >= 0.6 is 0 Å². The molecule has 0 spiro atoms. The lowest BCUT2D eigenvalue weighted by Gasteiger charge is -2.08. The van der Waals surface area contributed by atoms with Crippen LogP contribution in [0.25, 0.3) is 0 Å². The van der Waals surface area contributed by atoms with Gasteiger partial charge in [0.05, 0.1) is 12.0 Å². The minimum absolute atomic E-state index is 0.105. The summed E-state index contributed by atoms with van der Waals surface area (Å²) in [6, 6.07) is 9.51. The lowest BCUT2D eigenvalue weighted by molar-refractivity contribution is -0.116. The molecule has 0 saturated carbocycles. The monoisotopic (exact) mass is 294 g/mol. The highest BCUT2D eigenvalue weighted by Gasteiger charge is 2.15. The van der Waals surface area contributed by atoms with E-state index >= 15 is 0 Å². The minimum atomic E-state index is -3.87. The van der Waals surface area contributed by atoms with E-state index in [1.165, 1.54) is 24.5 Å². The molecule has 1 heterocycles. The summed E-state index contributed by atoms with van der Waals surface area (Å²) in [6.45, 7) is 0. The smallest absolute Gasteiger partial charge is 0.240 e. The summed E-state index contributed by atoms with van der Waals surface area (Å²) < 4.78 is 27.9. The normalized spacial score (nSPS) is 11.2. The molecule has 3 N–H and O–H groups in total. The summed E-state index contributed by atoms with van der Waals surface area (Å²) in [5, 5.41) is 7.63. The number of para-hydroxylation sites is 1. The molecule has 0 atom stereocenters. The number of benzene rings is 1. The maximum absolute atomic E-state index is 11.8. The van der Waals surface area contributed by atoms with Crippen molar-refractivity contribution in [2.75, 3.05) is 5.32 Å². The van der Waals surface area contributed by atoms with E-state index < -0.39 is 10.0 Å². The van der Waals surface area contributed by atoms with Crippen molar-refractivity contribution in [3.63, 3.8) is 0 Å². The van der Waals surface area contributed by atoms with Gasteiger partial charge in [-0.1, -0.05) is 12.1 Å². The summed E-state index contributed by atoms with van der Waals surface area (Å²) in [6.07, 6.45) is 2.16. The van der Waals surface area contributed by atoms with Gasteiger partial charge in [-0.2, -0.15) is 0 Å². The molecule has 0 radical (unpaired) electrons. The van der Waals surface area contributed by atoms with Crippen molar-refractivity contribution < 1.29 is 17.6 Å². The first-order valence-corrected chi connectivity index (χ1v) is 7.45. The zero-order valence-corrected chi connectivity index (χ0v) is 11.4. The number of primary sulfonamides is 1. The average Bonchev–Trinajstić information content (AvgIpc) is 2.89. The molecule has 0 fully saturated rings. The maximum atomic E-state index is 11.8. The van der Waals surface area contributed by atoms with E-state index in [0.717, 1.165) is 0 Å². The Labute approximate surface area is 116 Å². The fraction of sp³-hybridized carbons (Fsp3) is 0.154. The van der Waals surface area contributed by atoms with Gasteiger partial charge >= 0.3 is 0 Å². The van der Waals surface area contributed by atoms with Gasteiger partial charge in [0.2, 0.25) is 15.9 Å². The zero-order valence-electron chi connectivity index (χ0n) is 10.6. The Hall–Kier alpha value is -2.12. The Balaban J connectivity index is 2.05. The number of anilines is 1. The number of hydrogen-bond acceptors (Lipinski definition) is 4. The quantitative estimate of drug-likeness (QED) is 0.872. The number of rotatable bonds is 5. The first-order chi connectivity index (χ1) is 9.47. The van der Waals surface area contributed by atoms with Crippen LogP contribution in [0.3, 0.4) is 0 Å². The van der Waals surface area contributed by atoms with E-state index in [0.29, 0.717) is 12.2 Å². The third kappa shape index (κ3) is 3.69. The van der Waals surface area contributed by atoms with E-state index in [4.69, 9.17) is 9.56 Å². The fourth-order valence-corrected chi connectivity index (χ4v) is 2.42. The van der Waals surface area contributed by atoms with Gasteiger partial charge in [-0.25, -0.2) is 13.6 Å². The van der Waals surface area contributed by atoms with Gasteiger partial charge in [0.15, 0.2) is 0 Å². The largest absolute Gasteiger partial charge is 0.469 e. The summed E-state index contributed by atoms with van der Waals surface area (Å²) in [5.74, 6) is 0.386. The molecule has 6 nitrogen and oxygen atoms in total. The number of amides is 1. The van der Waals surface area contributed by atoms with Crippen molar-refractivity contribution in [1.29, 1.82) is 0 Å². The summed E-state index contributed by atoms with van der Waals surface area (Å²) in [7, 11) is -3.87. The summed E-state index contributed by atoms with van der Waals surface area (Å²) in [4.78, 5) is 11.7. The first-order valence-electron chi connectivity index (χ1n) is 5.91. The van der Waals surface area contributed by atoms with Gasteiger partial charge in [-0.15, -0.1) is 0 Å². The van der Waals surface area contributed by atoms with Crippen LogP contribution in [0.4, 0.5) is 5.69 Å². The third-order valence-corrected chi connectivity index (χ3v) is 3.62. The van der Waals surface area contributed by atoms with E-state index in [1.54, 1.807) is 18.2 Å². The molecule has 1 amide bonds. The van der Waals surface area contributed by atoms with Crippen molar-refractivity contribution in [2.24, 2.45) is 5.14 Å². The van der Waals surface area contributed by atoms with Crippen molar-refractivity contribution in [2.45, 2.75) is 17.7 Å². The molecule has 7 heteroatoms. The number of carbonyl (C=O) groups excluding carboxylic acids is 1. The van der Waals surface area contributed by atoms with Gasteiger partial charge in [0.25, 0.3) is 0 Å². The highest BCUT2D eigenvalue weighted by Crippen LogP contribution is 2.19. The second-order valence-corrected chi connectivity index (χ2v) is 5.70. The van der Waals surface area contributed by atoms with Gasteiger partial charge in [0, 0.05) is 12.8 Å². The Morgan fingerprint density at radius 2 is 1.95 bits per heavy atom. The molecule has 0 aliphatic carbocycles. The molecule has 0 aliphatic rings. The number of nitrogens with one attached hydrogen (secondary N) is 1. The molecule has 1 aromatic carbocycles. The van der Waals surface area contributed by atoms with Crippen LogP contribution in [0, 0.1) is 0 Å². The van der Waals surface area contributed by atoms with Crippen molar-refractivity contribution >= 4 is 21.6 Å². The number of carbonyl (C=O) groups is 1. The van der Waals surface area contributed by atoms with E-state index in [2.05, 4.69) is 5.32 Å². The molecule has 2 aromatic rings. The Bertz CT molecular complexity index is 693. The molecule has 0 aliphatic heterocycles. The van der Waals surface area contributed by atoms with Gasteiger partial charge in [0.1, 0.15) is 10.7 Å².